The second kappa shape index (κ2) is 10.3. The zero-order chi connectivity index (χ0) is 15.0. The molecule has 1 rings (SSSR count). The molecule has 0 saturated heterocycles. The quantitative estimate of drug-likeness (QED) is 0.772. The number of rotatable bonds is 8. The van der Waals surface area contributed by atoms with Crippen molar-refractivity contribution in [3.8, 4) is 11.5 Å². The third-order valence-electron chi connectivity index (χ3n) is 3.17. The van der Waals surface area contributed by atoms with Crippen molar-refractivity contribution in [2.24, 2.45) is 5.73 Å². The molecule has 0 heterocycles. The highest BCUT2D eigenvalue weighted by Crippen LogP contribution is 2.27. The molecule has 3 N–H and O–H groups in total. The van der Waals surface area contributed by atoms with Crippen LogP contribution in [0.2, 0.25) is 0 Å². The highest BCUT2D eigenvalue weighted by atomic mass is 35.5. The summed E-state index contributed by atoms with van der Waals surface area (Å²) in [4.78, 5) is 12.2. The van der Waals surface area contributed by atoms with Gasteiger partial charge in [0.1, 0.15) is 0 Å². The Kier molecular flexibility index (Phi) is 9.58. The maximum absolute atomic E-state index is 12.2. The number of carbonyl (C=O) groups is 1. The number of hydrogen-bond acceptors (Lipinski definition) is 4. The number of ether oxygens (including phenoxy) is 2. The summed E-state index contributed by atoms with van der Waals surface area (Å²) >= 11 is 0. The molecule has 1 unspecified atom stereocenters. The Labute approximate surface area is 132 Å². The molecule has 1 aromatic rings. The first-order valence-corrected chi connectivity index (χ1v) is 6.89. The highest BCUT2D eigenvalue weighted by molar-refractivity contribution is 5.95. The molecule has 5 nitrogen and oxygen atoms in total. The summed E-state index contributed by atoms with van der Waals surface area (Å²) in [5.41, 5.74) is 6.22. The van der Waals surface area contributed by atoms with Gasteiger partial charge in [-0.1, -0.05) is 19.8 Å². The molecule has 6 heteroatoms. The Morgan fingerprint density at radius 2 is 1.95 bits per heavy atom. The third kappa shape index (κ3) is 5.81. The minimum absolute atomic E-state index is 0. The van der Waals surface area contributed by atoms with Crippen LogP contribution in [-0.4, -0.2) is 32.7 Å². The lowest BCUT2D eigenvalue weighted by molar-refractivity contribution is 0.0935. The number of hydrogen-bond donors (Lipinski definition) is 2. The fraction of sp³-hybridized carbons (Fsp3) is 0.533. The summed E-state index contributed by atoms with van der Waals surface area (Å²) in [6, 6.07) is 5.11. The van der Waals surface area contributed by atoms with E-state index in [4.69, 9.17) is 15.2 Å². The summed E-state index contributed by atoms with van der Waals surface area (Å²) in [6.07, 6.45) is 3.03. The van der Waals surface area contributed by atoms with Crippen LogP contribution in [0.3, 0.4) is 0 Å². The van der Waals surface area contributed by atoms with Crippen LogP contribution in [0.1, 0.15) is 36.5 Å². The molecular formula is C15H25ClN2O3. The topological polar surface area (TPSA) is 73.6 Å². The van der Waals surface area contributed by atoms with Crippen LogP contribution in [0.15, 0.2) is 18.2 Å². The summed E-state index contributed by atoms with van der Waals surface area (Å²) in [5, 5.41) is 2.95. The molecule has 0 bridgehead atoms. The molecule has 21 heavy (non-hydrogen) atoms. The zero-order valence-corrected chi connectivity index (χ0v) is 13.7. The van der Waals surface area contributed by atoms with Crippen molar-refractivity contribution in [2.45, 2.75) is 32.2 Å². The summed E-state index contributed by atoms with van der Waals surface area (Å²) in [6.45, 7) is 2.56. The molecule has 1 aromatic carbocycles. The van der Waals surface area contributed by atoms with Crippen molar-refractivity contribution in [2.75, 3.05) is 20.8 Å². The van der Waals surface area contributed by atoms with E-state index in [1.165, 1.54) is 0 Å². The normalized spacial score (nSPS) is 11.2. The lowest BCUT2D eigenvalue weighted by Crippen LogP contribution is -2.40. The Balaban J connectivity index is 0.00000400. The average Bonchev–Trinajstić information content (AvgIpc) is 2.50. The molecule has 0 aliphatic carbocycles. The number of halogens is 1. The van der Waals surface area contributed by atoms with Crippen molar-refractivity contribution in [3.63, 3.8) is 0 Å². The van der Waals surface area contributed by atoms with Crippen LogP contribution in [-0.2, 0) is 0 Å². The molecule has 0 radical (unpaired) electrons. The molecule has 0 fully saturated rings. The first kappa shape index (κ1) is 19.5. The first-order valence-electron chi connectivity index (χ1n) is 6.89. The molecule has 0 spiro atoms. The first-order chi connectivity index (χ1) is 9.65. The number of amides is 1. The molecule has 1 atom stereocenters. The van der Waals surface area contributed by atoms with E-state index in [0.717, 1.165) is 19.3 Å². The van der Waals surface area contributed by atoms with Gasteiger partial charge in [-0.3, -0.25) is 4.79 Å². The molecule has 120 valence electrons. The van der Waals surface area contributed by atoms with Crippen molar-refractivity contribution in [1.82, 2.24) is 5.32 Å². The van der Waals surface area contributed by atoms with Crippen LogP contribution in [0, 0.1) is 0 Å². The monoisotopic (exact) mass is 316 g/mol. The van der Waals surface area contributed by atoms with Crippen LogP contribution in [0.5, 0.6) is 11.5 Å². The van der Waals surface area contributed by atoms with Gasteiger partial charge < -0.3 is 20.5 Å². The molecule has 1 amide bonds. The smallest absolute Gasteiger partial charge is 0.251 e. The SMILES string of the molecule is CCCCC(CN)NC(=O)c1ccc(OC)c(OC)c1.Cl. The number of nitrogens with one attached hydrogen (secondary N) is 1. The number of methoxy groups -OCH3 is 2. The standard InChI is InChI=1S/C15H24N2O3.ClH/c1-4-5-6-12(10-16)17-15(18)11-7-8-13(19-2)14(9-11)20-3;/h7-9,12H,4-6,10,16H2,1-3H3,(H,17,18);1H. The van der Waals surface area contributed by atoms with E-state index >= 15 is 0 Å². The Morgan fingerprint density at radius 3 is 2.48 bits per heavy atom. The second-order valence-corrected chi connectivity index (χ2v) is 4.62. The maximum atomic E-state index is 12.2. The lowest BCUT2D eigenvalue weighted by atomic mass is 10.1. The van der Waals surface area contributed by atoms with Crippen LogP contribution >= 0.6 is 12.4 Å². The number of unbranched alkanes of at least 4 members (excludes halogenated alkanes) is 1. The highest BCUT2D eigenvalue weighted by Gasteiger charge is 2.14. The van der Waals surface area contributed by atoms with Gasteiger partial charge in [-0.2, -0.15) is 0 Å². The van der Waals surface area contributed by atoms with Gasteiger partial charge in [0.25, 0.3) is 5.91 Å². The van der Waals surface area contributed by atoms with E-state index in [0.29, 0.717) is 23.6 Å². The number of benzene rings is 1. The van der Waals surface area contributed by atoms with Gasteiger partial charge in [-0.15, -0.1) is 12.4 Å². The molecule has 0 aliphatic heterocycles. The van der Waals surface area contributed by atoms with Crippen molar-refractivity contribution < 1.29 is 14.3 Å². The molecule has 0 aliphatic rings. The van der Waals surface area contributed by atoms with E-state index in [-0.39, 0.29) is 24.4 Å². The summed E-state index contributed by atoms with van der Waals surface area (Å²) in [7, 11) is 3.11. The summed E-state index contributed by atoms with van der Waals surface area (Å²) < 4.78 is 10.3. The Bertz CT molecular complexity index is 441. The van der Waals surface area contributed by atoms with Gasteiger partial charge >= 0.3 is 0 Å². The Morgan fingerprint density at radius 1 is 1.29 bits per heavy atom. The van der Waals surface area contributed by atoms with Crippen LogP contribution < -0.4 is 20.5 Å². The Hall–Kier alpha value is -1.46. The third-order valence-corrected chi connectivity index (χ3v) is 3.17. The average molecular weight is 317 g/mol. The number of carbonyl (C=O) groups excluding carboxylic acids is 1. The van der Waals surface area contributed by atoms with Crippen LogP contribution in [0.4, 0.5) is 0 Å². The minimum atomic E-state index is -0.141. The van der Waals surface area contributed by atoms with Crippen molar-refractivity contribution >= 4 is 18.3 Å². The zero-order valence-electron chi connectivity index (χ0n) is 12.8. The van der Waals surface area contributed by atoms with Crippen molar-refractivity contribution in [3.05, 3.63) is 23.8 Å². The van der Waals surface area contributed by atoms with Gasteiger partial charge in [0, 0.05) is 18.2 Å². The fourth-order valence-corrected chi connectivity index (χ4v) is 1.95. The van der Waals surface area contributed by atoms with E-state index < -0.39 is 0 Å². The van der Waals surface area contributed by atoms with Gasteiger partial charge in [-0.25, -0.2) is 0 Å². The number of nitrogens with two attached hydrogens (primary N) is 1. The van der Waals surface area contributed by atoms with E-state index in [9.17, 15) is 4.79 Å². The second-order valence-electron chi connectivity index (χ2n) is 4.62. The molecule has 0 saturated carbocycles. The molecule has 0 aromatic heterocycles. The van der Waals surface area contributed by atoms with Gasteiger partial charge in [-0.05, 0) is 24.6 Å². The van der Waals surface area contributed by atoms with Gasteiger partial charge in [0.05, 0.1) is 14.2 Å². The van der Waals surface area contributed by atoms with E-state index in [1.807, 2.05) is 0 Å². The summed E-state index contributed by atoms with van der Waals surface area (Å²) in [5.74, 6) is 1.00. The largest absolute Gasteiger partial charge is 0.493 e. The van der Waals surface area contributed by atoms with Crippen molar-refractivity contribution in [1.29, 1.82) is 0 Å². The lowest BCUT2D eigenvalue weighted by Gasteiger charge is -2.17. The van der Waals surface area contributed by atoms with E-state index in [1.54, 1.807) is 32.4 Å². The predicted molar refractivity (Wildman–Crippen MR) is 86.6 cm³/mol. The maximum Gasteiger partial charge on any atom is 0.251 e. The van der Waals surface area contributed by atoms with Crippen LogP contribution in [0.25, 0.3) is 0 Å². The fourth-order valence-electron chi connectivity index (χ4n) is 1.95. The van der Waals surface area contributed by atoms with Gasteiger partial charge in [0.2, 0.25) is 0 Å². The van der Waals surface area contributed by atoms with Gasteiger partial charge in [0.15, 0.2) is 11.5 Å². The predicted octanol–water partition coefficient (Wildman–Crippen LogP) is 2.37. The molecular weight excluding hydrogens is 292 g/mol. The minimum Gasteiger partial charge on any atom is -0.493 e. The van der Waals surface area contributed by atoms with E-state index in [2.05, 4.69) is 12.2 Å².